The molecule has 0 saturated carbocycles. The van der Waals surface area contributed by atoms with E-state index in [-0.39, 0.29) is 5.91 Å². The SMILES string of the molecule is CCn1c(C)cc2cc(NC(=O)c3cccc(-n4cnnc4)n3)ccc21. The van der Waals surface area contributed by atoms with Crippen LogP contribution in [0.25, 0.3) is 16.7 Å². The number of anilines is 1. The van der Waals surface area contributed by atoms with E-state index >= 15 is 0 Å². The number of nitrogens with one attached hydrogen (secondary N) is 1. The van der Waals surface area contributed by atoms with E-state index < -0.39 is 0 Å². The smallest absolute Gasteiger partial charge is 0.274 e. The van der Waals surface area contributed by atoms with Crippen molar-refractivity contribution in [2.75, 3.05) is 5.32 Å². The summed E-state index contributed by atoms with van der Waals surface area (Å²) >= 11 is 0. The molecule has 26 heavy (non-hydrogen) atoms. The molecule has 7 heteroatoms. The highest BCUT2D eigenvalue weighted by atomic mass is 16.1. The van der Waals surface area contributed by atoms with Crippen LogP contribution in [-0.4, -0.2) is 30.2 Å². The van der Waals surface area contributed by atoms with Gasteiger partial charge in [-0.25, -0.2) is 4.98 Å². The topological polar surface area (TPSA) is 77.6 Å². The summed E-state index contributed by atoms with van der Waals surface area (Å²) in [6.07, 6.45) is 3.08. The molecule has 3 aromatic heterocycles. The Morgan fingerprint density at radius 2 is 1.92 bits per heavy atom. The fraction of sp³-hybridized carbons (Fsp3) is 0.158. The number of pyridine rings is 1. The van der Waals surface area contributed by atoms with Crippen LogP contribution in [0.2, 0.25) is 0 Å². The fourth-order valence-corrected chi connectivity index (χ4v) is 3.11. The number of carbonyl (C=O) groups excluding carboxylic acids is 1. The van der Waals surface area contributed by atoms with Crippen LogP contribution < -0.4 is 5.32 Å². The highest BCUT2D eigenvalue weighted by Gasteiger charge is 2.11. The standard InChI is InChI=1S/C19H18N6O/c1-3-25-13(2)9-14-10-15(7-8-17(14)25)22-19(26)16-5-4-6-18(23-16)24-11-20-21-12-24/h4-12H,3H2,1-2H3,(H,22,26). The monoisotopic (exact) mass is 346 g/mol. The predicted molar refractivity (Wildman–Crippen MR) is 99.5 cm³/mol. The number of hydrogen-bond acceptors (Lipinski definition) is 4. The molecular formula is C19H18N6O. The Balaban J connectivity index is 1.60. The second kappa shape index (κ2) is 6.44. The third kappa shape index (κ3) is 2.83. The molecule has 4 rings (SSSR count). The first-order chi connectivity index (χ1) is 12.7. The van der Waals surface area contributed by atoms with Gasteiger partial charge in [-0.3, -0.25) is 9.36 Å². The lowest BCUT2D eigenvalue weighted by Crippen LogP contribution is -2.14. The van der Waals surface area contributed by atoms with E-state index in [0.29, 0.717) is 11.5 Å². The van der Waals surface area contributed by atoms with Gasteiger partial charge >= 0.3 is 0 Å². The van der Waals surface area contributed by atoms with Crippen molar-refractivity contribution >= 4 is 22.5 Å². The van der Waals surface area contributed by atoms with Gasteiger partial charge in [0.1, 0.15) is 24.2 Å². The number of fused-ring (bicyclic) bond motifs is 1. The van der Waals surface area contributed by atoms with Gasteiger partial charge in [-0.2, -0.15) is 0 Å². The number of nitrogens with zero attached hydrogens (tertiary/aromatic N) is 5. The van der Waals surface area contributed by atoms with Gasteiger partial charge in [0.05, 0.1) is 0 Å². The molecule has 3 heterocycles. The van der Waals surface area contributed by atoms with Crippen molar-refractivity contribution in [1.29, 1.82) is 0 Å². The van der Waals surface area contributed by atoms with Crippen LogP contribution in [0, 0.1) is 6.92 Å². The van der Waals surface area contributed by atoms with E-state index in [1.165, 1.54) is 5.69 Å². The summed E-state index contributed by atoms with van der Waals surface area (Å²) in [4.78, 5) is 17.0. The van der Waals surface area contributed by atoms with Crippen LogP contribution in [0.3, 0.4) is 0 Å². The molecule has 1 amide bonds. The van der Waals surface area contributed by atoms with Crippen molar-refractivity contribution in [1.82, 2.24) is 24.3 Å². The van der Waals surface area contributed by atoms with Crippen molar-refractivity contribution in [3.8, 4) is 5.82 Å². The minimum atomic E-state index is -0.258. The van der Waals surface area contributed by atoms with E-state index in [9.17, 15) is 4.79 Å². The molecule has 0 fully saturated rings. The highest BCUT2D eigenvalue weighted by Crippen LogP contribution is 2.23. The molecular weight excluding hydrogens is 328 g/mol. The van der Waals surface area contributed by atoms with Gasteiger partial charge in [0.2, 0.25) is 0 Å². The van der Waals surface area contributed by atoms with Crippen molar-refractivity contribution in [2.45, 2.75) is 20.4 Å². The number of benzene rings is 1. The second-order valence-corrected chi connectivity index (χ2v) is 6.01. The fourth-order valence-electron chi connectivity index (χ4n) is 3.11. The molecule has 1 N–H and O–H groups in total. The van der Waals surface area contributed by atoms with Crippen LogP contribution >= 0.6 is 0 Å². The maximum atomic E-state index is 12.6. The molecule has 1 aromatic carbocycles. The maximum absolute atomic E-state index is 12.6. The Morgan fingerprint density at radius 3 is 2.69 bits per heavy atom. The van der Waals surface area contributed by atoms with Gasteiger partial charge in [-0.1, -0.05) is 6.07 Å². The molecule has 0 unspecified atom stereocenters. The summed E-state index contributed by atoms with van der Waals surface area (Å²) in [7, 11) is 0. The number of carbonyl (C=O) groups is 1. The minimum absolute atomic E-state index is 0.258. The van der Waals surface area contributed by atoms with E-state index in [1.807, 2.05) is 18.2 Å². The Bertz CT molecular complexity index is 1080. The van der Waals surface area contributed by atoms with Gasteiger partial charge in [-0.05, 0) is 50.2 Å². The normalized spacial score (nSPS) is 11.0. The van der Waals surface area contributed by atoms with Gasteiger partial charge in [0, 0.05) is 28.8 Å². The summed E-state index contributed by atoms with van der Waals surface area (Å²) in [6, 6.07) is 13.3. The van der Waals surface area contributed by atoms with E-state index in [4.69, 9.17) is 0 Å². The van der Waals surface area contributed by atoms with E-state index in [2.05, 4.69) is 45.0 Å². The molecule has 0 aliphatic heterocycles. The van der Waals surface area contributed by atoms with Crippen molar-refractivity contribution in [2.24, 2.45) is 0 Å². The van der Waals surface area contributed by atoms with Crippen molar-refractivity contribution in [3.63, 3.8) is 0 Å². The van der Waals surface area contributed by atoms with Gasteiger partial charge in [-0.15, -0.1) is 10.2 Å². The summed E-state index contributed by atoms with van der Waals surface area (Å²) in [6.45, 7) is 5.12. The average Bonchev–Trinajstić information content (AvgIpc) is 3.28. The second-order valence-electron chi connectivity index (χ2n) is 6.01. The minimum Gasteiger partial charge on any atom is -0.345 e. The molecule has 0 aliphatic rings. The van der Waals surface area contributed by atoms with Crippen molar-refractivity contribution in [3.05, 3.63) is 66.5 Å². The average molecular weight is 346 g/mol. The third-order valence-corrected chi connectivity index (χ3v) is 4.33. The summed E-state index contributed by atoms with van der Waals surface area (Å²) in [5.41, 5.74) is 3.44. The molecule has 0 radical (unpaired) electrons. The molecule has 0 aliphatic carbocycles. The molecule has 130 valence electrons. The Labute approximate surface area is 150 Å². The zero-order chi connectivity index (χ0) is 18.1. The number of aromatic nitrogens is 5. The third-order valence-electron chi connectivity index (χ3n) is 4.33. The van der Waals surface area contributed by atoms with Gasteiger partial charge < -0.3 is 9.88 Å². The Kier molecular flexibility index (Phi) is 3.96. The van der Waals surface area contributed by atoms with Crippen LogP contribution in [0.1, 0.15) is 23.1 Å². The highest BCUT2D eigenvalue weighted by molar-refractivity contribution is 6.04. The molecule has 0 atom stereocenters. The molecule has 0 bridgehead atoms. The van der Waals surface area contributed by atoms with E-state index in [0.717, 1.165) is 23.1 Å². The quantitative estimate of drug-likeness (QED) is 0.615. The predicted octanol–water partition coefficient (Wildman–Crippen LogP) is 3.20. The zero-order valence-electron chi connectivity index (χ0n) is 14.5. The van der Waals surface area contributed by atoms with Crippen LogP contribution in [-0.2, 0) is 6.54 Å². The van der Waals surface area contributed by atoms with Gasteiger partial charge in [0.25, 0.3) is 5.91 Å². The molecule has 4 aromatic rings. The number of aryl methyl sites for hydroxylation is 2. The maximum Gasteiger partial charge on any atom is 0.274 e. The lowest BCUT2D eigenvalue weighted by Gasteiger charge is -2.08. The van der Waals surface area contributed by atoms with Gasteiger partial charge in [0.15, 0.2) is 0 Å². The largest absolute Gasteiger partial charge is 0.345 e. The lowest BCUT2D eigenvalue weighted by atomic mass is 10.2. The van der Waals surface area contributed by atoms with E-state index in [1.54, 1.807) is 35.4 Å². The zero-order valence-corrected chi connectivity index (χ0v) is 14.5. The van der Waals surface area contributed by atoms with Crippen LogP contribution in [0.15, 0.2) is 55.1 Å². The summed E-state index contributed by atoms with van der Waals surface area (Å²) in [5.74, 6) is 0.333. The molecule has 7 nitrogen and oxygen atoms in total. The molecule has 0 saturated heterocycles. The number of hydrogen-bond donors (Lipinski definition) is 1. The number of amides is 1. The Hall–Kier alpha value is -3.48. The first-order valence-corrected chi connectivity index (χ1v) is 8.39. The first-order valence-electron chi connectivity index (χ1n) is 8.39. The lowest BCUT2D eigenvalue weighted by molar-refractivity contribution is 0.102. The number of rotatable bonds is 4. The van der Waals surface area contributed by atoms with Crippen LogP contribution in [0.5, 0.6) is 0 Å². The van der Waals surface area contributed by atoms with Crippen LogP contribution in [0.4, 0.5) is 5.69 Å². The molecule has 0 spiro atoms. The van der Waals surface area contributed by atoms with Crippen molar-refractivity contribution < 1.29 is 4.79 Å². The Morgan fingerprint density at radius 1 is 1.12 bits per heavy atom. The summed E-state index contributed by atoms with van der Waals surface area (Å²) in [5, 5.41) is 11.5. The first kappa shape index (κ1) is 16.0. The summed E-state index contributed by atoms with van der Waals surface area (Å²) < 4.78 is 3.89.